The minimum absolute atomic E-state index is 0.812. The number of piperidine rings is 1. The summed E-state index contributed by atoms with van der Waals surface area (Å²) in [5.41, 5.74) is 6.88. The Morgan fingerprint density at radius 1 is 1.30 bits per heavy atom. The lowest BCUT2D eigenvalue weighted by molar-refractivity contribution is 0.168. The molecule has 20 heavy (non-hydrogen) atoms. The average molecular weight is 276 g/mol. The monoisotopic (exact) mass is 276 g/mol. The molecule has 0 aliphatic carbocycles. The first-order valence-corrected chi connectivity index (χ1v) is 7.90. The fourth-order valence-electron chi connectivity index (χ4n) is 2.92. The van der Waals surface area contributed by atoms with E-state index in [1.165, 1.54) is 37.9 Å². The molecule has 1 heterocycles. The van der Waals surface area contributed by atoms with Gasteiger partial charge in [-0.05, 0) is 75.9 Å². The zero-order valence-electron chi connectivity index (χ0n) is 12.7. The van der Waals surface area contributed by atoms with Crippen LogP contribution in [0.1, 0.15) is 31.2 Å². The molecule has 0 saturated carbocycles. The van der Waals surface area contributed by atoms with Crippen molar-refractivity contribution < 1.29 is 4.74 Å². The second-order valence-electron chi connectivity index (χ2n) is 5.88. The van der Waals surface area contributed by atoms with Crippen molar-refractivity contribution in [2.45, 2.75) is 32.6 Å². The molecule has 1 aliphatic heterocycles. The van der Waals surface area contributed by atoms with E-state index in [0.29, 0.717) is 0 Å². The fraction of sp³-hybridized carbons (Fsp3) is 0.647. The van der Waals surface area contributed by atoms with E-state index in [-0.39, 0.29) is 0 Å². The normalized spacial score (nSPS) is 17.3. The van der Waals surface area contributed by atoms with Gasteiger partial charge in [-0.25, -0.2) is 0 Å². The highest BCUT2D eigenvalue weighted by molar-refractivity contribution is 5.27. The lowest BCUT2D eigenvalue weighted by Crippen LogP contribution is -2.35. The first-order chi connectivity index (χ1) is 9.78. The van der Waals surface area contributed by atoms with Crippen LogP contribution in [0.4, 0.5) is 0 Å². The molecular formula is C17H28N2O. The molecule has 0 aromatic heterocycles. The first kappa shape index (κ1) is 15.3. The van der Waals surface area contributed by atoms with Crippen LogP contribution in [-0.4, -0.2) is 37.7 Å². The van der Waals surface area contributed by atoms with Gasteiger partial charge < -0.3 is 15.4 Å². The Morgan fingerprint density at radius 3 is 2.80 bits per heavy atom. The number of hydrogen-bond donors (Lipinski definition) is 1. The minimum atomic E-state index is 0.812. The zero-order valence-corrected chi connectivity index (χ0v) is 12.7. The number of rotatable bonds is 7. The topological polar surface area (TPSA) is 38.5 Å². The molecule has 112 valence electrons. The summed E-state index contributed by atoms with van der Waals surface area (Å²) in [5.74, 6) is 1.85. The number of ether oxygens (including phenoxy) is 1. The van der Waals surface area contributed by atoms with Crippen LogP contribution in [0.5, 0.6) is 5.75 Å². The largest absolute Gasteiger partial charge is 0.494 e. The van der Waals surface area contributed by atoms with Crippen LogP contribution in [-0.2, 0) is 0 Å². The number of nitrogens with zero attached hydrogens (tertiary/aromatic N) is 1. The van der Waals surface area contributed by atoms with Gasteiger partial charge in [0.15, 0.2) is 0 Å². The van der Waals surface area contributed by atoms with E-state index in [0.717, 1.165) is 37.8 Å². The average Bonchev–Trinajstić information content (AvgIpc) is 2.46. The maximum Gasteiger partial charge on any atom is 0.119 e. The van der Waals surface area contributed by atoms with Gasteiger partial charge >= 0.3 is 0 Å². The van der Waals surface area contributed by atoms with Crippen molar-refractivity contribution in [3.8, 4) is 5.75 Å². The number of likely N-dealkylation sites (tertiary alicyclic amines) is 1. The van der Waals surface area contributed by atoms with Crippen LogP contribution >= 0.6 is 0 Å². The number of hydrogen-bond acceptors (Lipinski definition) is 3. The highest BCUT2D eigenvalue weighted by Gasteiger charge is 2.17. The molecule has 1 fully saturated rings. The van der Waals surface area contributed by atoms with Crippen LogP contribution in [0.15, 0.2) is 24.3 Å². The summed E-state index contributed by atoms with van der Waals surface area (Å²) < 4.78 is 5.79. The van der Waals surface area contributed by atoms with Crippen molar-refractivity contribution in [3.63, 3.8) is 0 Å². The molecule has 1 saturated heterocycles. The maximum absolute atomic E-state index is 5.79. The lowest BCUT2D eigenvalue weighted by Gasteiger charge is -2.31. The Hall–Kier alpha value is -1.06. The quantitative estimate of drug-likeness (QED) is 0.778. The molecule has 0 atom stereocenters. The Kier molecular flexibility index (Phi) is 6.34. The standard InChI is InChI=1S/C17H28N2O/c1-15-4-2-5-17(14-15)20-13-3-10-19-11-7-16(6-9-18)8-12-19/h2,4-5,14,16H,3,6-13,18H2,1H3. The van der Waals surface area contributed by atoms with Crippen molar-refractivity contribution in [1.29, 1.82) is 0 Å². The van der Waals surface area contributed by atoms with E-state index in [2.05, 4.69) is 24.0 Å². The van der Waals surface area contributed by atoms with Crippen LogP contribution in [0.25, 0.3) is 0 Å². The summed E-state index contributed by atoms with van der Waals surface area (Å²) in [6.07, 6.45) is 4.94. The molecule has 0 amide bonds. The smallest absolute Gasteiger partial charge is 0.119 e. The molecule has 1 aliphatic rings. The highest BCUT2D eigenvalue weighted by atomic mass is 16.5. The van der Waals surface area contributed by atoms with Crippen molar-refractivity contribution in [1.82, 2.24) is 4.90 Å². The maximum atomic E-state index is 5.79. The third kappa shape index (κ3) is 5.14. The van der Waals surface area contributed by atoms with Crippen LogP contribution in [0.2, 0.25) is 0 Å². The number of nitrogens with two attached hydrogens (primary N) is 1. The van der Waals surface area contributed by atoms with Crippen LogP contribution in [0, 0.1) is 12.8 Å². The molecule has 1 aromatic rings. The Balaban J connectivity index is 1.58. The van der Waals surface area contributed by atoms with E-state index < -0.39 is 0 Å². The molecule has 0 radical (unpaired) electrons. The van der Waals surface area contributed by atoms with E-state index in [9.17, 15) is 0 Å². The summed E-state index contributed by atoms with van der Waals surface area (Å²) in [7, 11) is 0. The predicted octanol–water partition coefficient (Wildman–Crippen LogP) is 2.82. The summed E-state index contributed by atoms with van der Waals surface area (Å²) in [4.78, 5) is 2.56. The molecule has 0 spiro atoms. The van der Waals surface area contributed by atoms with Crippen LogP contribution < -0.4 is 10.5 Å². The summed E-state index contributed by atoms with van der Waals surface area (Å²) in [6.45, 7) is 7.37. The summed E-state index contributed by atoms with van der Waals surface area (Å²) in [5, 5.41) is 0. The third-order valence-electron chi connectivity index (χ3n) is 4.16. The molecule has 3 heteroatoms. The third-order valence-corrected chi connectivity index (χ3v) is 4.16. The van der Waals surface area contributed by atoms with Gasteiger partial charge in [0.1, 0.15) is 5.75 Å². The predicted molar refractivity (Wildman–Crippen MR) is 84.1 cm³/mol. The van der Waals surface area contributed by atoms with E-state index in [1.807, 2.05) is 12.1 Å². The van der Waals surface area contributed by atoms with Crippen molar-refractivity contribution in [2.75, 3.05) is 32.8 Å². The van der Waals surface area contributed by atoms with Gasteiger partial charge in [0.2, 0.25) is 0 Å². The second kappa shape index (κ2) is 8.28. The Labute approximate surface area is 123 Å². The molecular weight excluding hydrogens is 248 g/mol. The molecule has 3 nitrogen and oxygen atoms in total. The van der Waals surface area contributed by atoms with E-state index in [4.69, 9.17) is 10.5 Å². The van der Waals surface area contributed by atoms with Gasteiger partial charge in [-0.3, -0.25) is 0 Å². The lowest BCUT2D eigenvalue weighted by atomic mass is 9.93. The van der Waals surface area contributed by atoms with Gasteiger partial charge in [0.25, 0.3) is 0 Å². The number of benzene rings is 1. The van der Waals surface area contributed by atoms with Crippen molar-refractivity contribution >= 4 is 0 Å². The number of aryl methyl sites for hydroxylation is 1. The molecule has 2 rings (SSSR count). The fourth-order valence-corrected chi connectivity index (χ4v) is 2.92. The molecule has 0 bridgehead atoms. The molecule has 0 unspecified atom stereocenters. The highest BCUT2D eigenvalue weighted by Crippen LogP contribution is 2.20. The SMILES string of the molecule is Cc1cccc(OCCCN2CCC(CCN)CC2)c1. The van der Waals surface area contributed by atoms with Gasteiger partial charge in [0.05, 0.1) is 6.61 Å². The van der Waals surface area contributed by atoms with Gasteiger partial charge in [-0.1, -0.05) is 12.1 Å². The van der Waals surface area contributed by atoms with E-state index >= 15 is 0 Å². The van der Waals surface area contributed by atoms with Gasteiger partial charge in [-0.15, -0.1) is 0 Å². The van der Waals surface area contributed by atoms with Crippen LogP contribution in [0.3, 0.4) is 0 Å². The molecule has 1 aromatic carbocycles. The zero-order chi connectivity index (χ0) is 14.2. The van der Waals surface area contributed by atoms with E-state index in [1.54, 1.807) is 0 Å². The van der Waals surface area contributed by atoms with Gasteiger partial charge in [0, 0.05) is 6.54 Å². The molecule has 2 N–H and O–H groups in total. The first-order valence-electron chi connectivity index (χ1n) is 7.90. The van der Waals surface area contributed by atoms with Crippen molar-refractivity contribution in [2.24, 2.45) is 11.7 Å². The Bertz CT molecular complexity index is 386. The Morgan fingerprint density at radius 2 is 2.10 bits per heavy atom. The second-order valence-corrected chi connectivity index (χ2v) is 5.88. The summed E-state index contributed by atoms with van der Waals surface area (Å²) >= 11 is 0. The minimum Gasteiger partial charge on any atom is -0.494 e. The van der Waals surface area contributed by atoms with Gasteiger partial charge in [-0.2, -0.15) is 0 Å². The van der Waals surface area contributed by atoms with Crippen molar-refractivity contribution in [3.05, 3.63) is 29.8 Å². The summed E-state index contributed by atoms with van der Waals surface area (Å²) in [6, 6.07) is 8.27.